The molecule has 0 bridgehead atoms. The van der Waals surface area contributed by atoms with Gasteiger partial charge in [0, 0.05) is 31.8 Å². The van der Waals surface area contributed by atoms with Gasteiger partial charge in [-0.25, -0.2) is 0 Å². The molecule has 4 unspecified atom stereocenters. The summed E-state index contributed by atoms with van der Waals surface area (Å²) in [7, 11) is 0. The molecule has 3 N–H and O–H groups in total. The van der Waals surface area contributed by atoms with Gasteiger partial charge in [-0.3, -0.25) is 0 Å². The van der Waals surface area contributed by atoms with Crippen LogP contribution in [-0.4, -0.2) is 41.8 Å². The number of aliphatic hydroxyl groups excluding tert-OH is 1. The zero-order valence-electron chi connectivity index (χ0n) is 12.6. The van der Waals surface area contributed by atoms with Crippen molar-refractivity contribution in [3.8, 4) is 0 Å². The second kappa shape index (κ2) is 7.46. The molecule has 0 amide bonds. The van der Waals surface area contributed by atoms with Crippen LogP contribution in [0.3, 0.4) is 0 Å². The highest BCUT2D eigenvalue weighted by molar-refractivity contribution is 4.87. The minimum Gasteiger partial charge on any atom is -0.396 e. The van der Waals surface area contributed by atoms with Crippen molar-refractivity contribution in [2.45, 2.75) is 59.0 Å². The molecule has 0 saturated heterocycles. The van der Waals surface area contributed by atoms with E-state index in [0.29, 0.717) is 18.0 Å². The molecule has 0 spiro atoms. The summed E-state index contributed by atoms with van der Waals surface area (Å²) >= 11 is 0. The standard InChI is InChI=1S/C15H32N2O/c1-11(2)17(6-5-7-18)10-14-13(4)8-12(3)9-15(14)16/h11-15,18H,5-10,16H2,1-4H3. The van der Waals surface area contributed by atoms with Crippen LogP contribution in [0.4, 0.5) is 0 Å². The summed E-state index contributed by atoms with van der Waals surface area (Å²) in [5, 5.41) is 8.99. The zero-order chi connectivity index (χ0) is 13.7. The largest absolute Gasteiger partial charge is 0.396 e. The molecular weight excluding hydrogens is 224 g/mol. The monoisotopic (exact) mass is 256 g/mol. The fourth-order valence-corrected chi connectivity index (χ4v) is 3.39. The van der Waals surface area contributed by atoms with Crippen LogP contribution in [0.2, 0.25) is 0 Å². The lowest BCUT2D eigenvalue weighted by atomic mass is 9.72. The Balaban J connectivity index is 2.56. The van der Waals surface area contributed by atoms with E-state index in [1.54, 1.807) is 0 Å². The maximum absolute atomic E-state index is 8.99. The minimum absolute atomic E-state index is 0.284. The van der Waals surface area contributed by atoms with Gasteiger partial charge in [0.15, 0.2) is 0 Å². The van der Waals surface area contributed by atoms with Crippen molar-refractivity contribution < 1.29 is 5.11 Å². The van der Waals surface area contributed by atoms with Crippen LogP contribution in [0, 0.1) is 17.8 Å². The van der Waals surface area contributed by atoms with Crippen molar-refractivity contribution in [1.82, 2.24) is 4.90 Å². The highest BCUT2D eigenvalue weighted by Gasteiger charge is 2.33. The van der Waals surface area contributed by atoms with Gasteiger partial charge in [0.2, 0.25) is 0 Å². The molecule has 0 aromatic carbocycles. The molecule has 1 saturated carbocycles. The topological polar surface area (TPSA) is 49.5 Å². The number of hydrogen-bond acceptors (Lipinski definition) is 3. The molecule has 0 aromatic heterocycles. The second-order valence-corrected chi connectivity index (χ2v) is 6.55. The van der Waals surface area contributed by atoms with Gasteiger partial charge in [0.25, 0.3) is 0 Å². The molecule has 3 nitrogen and oxygen atoms in total. The zero-order valence-corrected chi connectivity index (χ0v) is 12.6. The first kappa shape index (κ1) is 15.9. The SMILES string of the molecule is CC1CC(C)C(CN(CCCO)C(C)C)C(N)C1. The first-order valence-corrected chi connectivity index (χ1v) is 7.56. The second-order valence-electron chi connectivity index (χ2n) is 6.55. The van der Waals surface area contributed by atoms with E-state index in [1.165, 1.54) is 12.8 Å². The number of nitrogens with two attached hydrogens (primary N) is 1. The molecule has 108 valence electrons. The van der Waals surface area contributed by atoms with Crippen LogP contribution < -0.4 is 5.73 Å². The molecule has 1 aliphatic carbocycles. The first-order chi connectivity index (χ1) is 8.45. The molecule has 0 aliphatic heterocycles. The van der Waals surface area contributed by atoms with Gasteiger partial charge in [0.05, 0.1) is 0 Å². The molecule has 1 rings (SSSR count). The fraction of sp³-hybridized carbons (Fsp3) is 1.00. The molecule has 18 heavy (non-hydrogen) atoms. The molecule has 3 heteroatoms. The number of hydrogen-bond donors (Lipinski definition) is 2. The van der Waals surface area contributed by atoms with Gasteiger partial charge >= 0.3 is 0 Å². The van der Waals surface area contributed by atoms with Crippen LogP contribution in [0.15, 0.2) is 0 Å². The van der Waals surface area contributed by atoms with Crippen molar-refractivity contribution >= 4 is 0 Å². The third-order valence-electron chi connectivity index (χ3n) is 4.51. The Kier molecular flexibility index (Phi) is 6.61. The van der Waals surface area contributed by atoms with E-state index < -0.39 is 0 Å². The summed E-state index contributed by atoms with van der Waals surface area (Å²) in [4.78, 5) is 2.48. The van der Waals surface area contributed by atoms with Gasteiger partial charge in [-0.2, -0.15) is 0 Å². The fourth-order valence-electron chi connectivity index (χ4n) is 3.39. The highest BCUT2D eigenvalue weighted by Crippen LogP contribution is 2.33. The van der Waals surface area contributed by atoms with E-state index in [4.69, 9.17) is 10.8 Å². The number of nitrogens with zero attached hydrogens (tertiary/aromatic N) is 1. The third kappa shape index (κ3) is 4.52. The van der Waals surface area contributed by atoms with Crippen molar-refractivity contribution in [3.05, 3.63) is 0 Å². The van der Waals surface area contributed by atoms with Crippen LogP contribution in [0.1, 0.15) is 47.0 Å². The summed E-state index contributed by atoms with van der Waals surface area (Å²) in [6.45, 7) is 11.5. The van der Waals surface area contributed by atoms with Gasteiger partial charge in [0.1, 0.15) is 0 Å². The Bertz CT molecular complexity index is 221. The Morgan fingerprint density at radius 3 is 2.44 bits per heavy atom. The molecule has 1 fully saturated rings. The molecular formula is C15H32N2O. The molecule has 0 aromatic rings. The quantitative estimate of drug-likeness (QED) is 0.765. The first-order valence-electron chi connectivity index (χ1n) is 7.56. The highest BCUT2D eigenvalue weighted by atomic mass is 16.3. The number of aliphatic hydroxyl groups is 1. The van der Waals surface area contributed by atoms with E-state index in [9.17, 15) is 0 Å². The minimum atomic E-state index is 0.284. The number of rotatable bonds is 6. The van der Waals surface area contributed by atoms with E-state index in [2.05, 4.69) is 32.6 Å². The summed E-state index contributed by atoms with van der Waals surface area (Å²) < 4.78 is 0. The van der Waals surface area contributed by atoms with E-state index in [-0.39, 0.29) is 6.61 Å². The van der Waals surface area contributed by atoms with Crippen molar-refractivity contribution in [1.29, 1.82) is 0 Å². The van der Waals surface area contributed by atoms with Crippen molar-refractivity contribution in [3.63, 3.8) is 0 Å². The van der Waals surface area contributed by atoms with Gasteiger partial charge in [-0.05, 0) is 50.9 Å². The van der Waals surface area contributed by atoms with E-state index in [1.807, 2.05) is 0 Å². The maximum Gasteiger partial charge on any atom is 0.0443 e. The predicted octanol–water partition coefficient (Wildman–Crippen LogP) is 2.09. The Morgan fingerprint density at radius 2 is 1.94 bits per heavy atom. The Labute approximate surface area is 113 Å². The Hall–Kier alpha value is -0.120. The lowest BCUT2D eigenvalue weighted by molar-refractivity contribution is 0.0960. The Morgan fingerprint density at radius 1 is 1.28 bits per heavy atom. The van der Waals surface area contributed by atoms with Crippen LogP contribution >= 0.6 is 0 Å². The summed E-state index contributed by atoms with van der Waals surface area (Å²) in [6.07, 6.45) is 3.34. The summed E-state index contributed by atoms with van der Waals surface area (Å²) in [5.41, 5.74) is 6.36. The average Bonchev–Trinajstić information content (AvgIpc) is 2.26. The predicted molar refractivity (Wildman–Crippen MR) is 77.4 cm³/mol. The van der Waals surface area contributed by atoms with Crippen LogP contribution in [0.25, 0.3) is 0 Å². The molecule has 0 heterocycles. The van der Waals surface area contributed by atoms with Crippen LogP contribution in [0.5, 0.6) is 0 Å². The van der Waals surface area contributed by atoms with Crippen molar-refractivity contribution in [2.75, 3.05) is 19.7 Å². The smallest absolute Gasteiger partial charge is 0.0443 e. The average molecular weight is 256 g/mol. The lowest BCUT2D eigenvalue weighted by Gasteiger charge is -2.41. The molecule has 0 radical (unpaired) electrons. The van der Waals surface area contributed by atoms with E-state index >= 15 is 0 Å². The van der Waals surface area contributed by atoms with Gasteiger partial charge < -0.3 is 15.7 Å². The third-order valence-corrected chi connectivity index (χ3v) is 4.51. The van der Waals surface area contributed by atoms with E-state index in [0.717, 1.165) is 31.3 Å². The lowest BCUT2D eigenvalue weighted by Crippen LogP contribution is -2.48. The summed E-state index contributed by atoms with van der Waals surface area (Å²) in [5.74, 6) is 2.11. The van der Waals surface area contributed by atoms with Gasteiger partial charge in [-0.1, -0.05) is 13.8 Å². The normalized spacial score (nSPS) is 33.3. The van der Waals surface area contributed by atoms with Crippen molar-refractivity contribution in [2.24, 2.45) is 23.5 Å². The molecule has 4 atom stereocenters. The molecule has 1 aliphatic rings. The summed E-state index contributed by atoms with van der Waals surface area (Å²) in [6, 6.07) is 0.884. The van der Waals surface area contributed by atoms with Crippen LogP contribution in [-0.2, 0) is 0 Å². The maximum atomic E-state index is 8.99. The van der Waals surface area contributed by atoms with Gasteiger partial charge in [-0.15, -0.1) is 0 Å².